The van der Waals surface area contributed by atoms with Crippen molar-refractivity contribution in [2.45, 2.75) is 64.3 Å². The van der Waals surface area contributed by atoms with Crippen LogP contribution in [-0.2, 0) is 4.79 Å². The summed E-state index contributed by atoms with van der Waals surface area (Å²) in [7, 11) is 0. The van der Waals surface area contributed by atoms with Crippen LogP contribution in [0, 0.1) is 0 Å². The number of hydrogen-bond acceptors (Lipinski definition) is 2. The smallest absolute Gasteiger partial charge is 0.258 e. The van der Waals surface area contributed by atoms with Gasteiger partial charge in [-0.15, -0.1) is 0 Å². The van der Waals surface area contributed by atoms with Crippen molar-refractivity contribution < 1.29 is 9.53 Å². The number of carbonyl (C=O) groups excluding carboxylic acids is 1. The average molecular weight is 368 g/mol. The lowest BCUT2D eigenvalue weighted by molar-refractivity contribution is -0.123. The van der Waals surface area contributed by atoms with Gasteiger partial charge in [-0.3, -0.25) is 4.79 Å². The highest BCUT2D eigenvalue weighted by Gasteiger charge is 2.16. The summed E-state index contributed by atoms with van der Waals surface area (Å²) in [4.78, 5) is 12.1. The first-order chi connectivity index (χ1) is 10.6. The molecule has 0 radical (unpaired) electrons. The SMILES string of the molecule is CC(C)c1cc(Br)ccc1OCC(=O)NC1CCCCCC1. The quantitative estimate of drug-likeness (QED) is 0.759. The summed E-state index contributed by atoms with van der Waals surface area (Å²) in [5, 5.41) is 3.12. The normalized spacial score (nSPS) is 16.4. The maximum Gasteiger partial charge on any atom is 0.258 e. The van der Waals surface area contributed by atoms with E-state index in [9.17, 15) is 4.79 Å². The average Bonchev–Trinajstić information content (AvgIpc) is 2.74. The lowest BCUT2D eigenvalue weighted by Gasteiger charge is -2.18. The van der Waals surface area contributed by atoms with E-state index in [1.807, 2.05) is 12.1 Å². The minimum Gasteiger partial charge on any atom is -0.483 e. The van der Waals surface area contributed by atoms with Gasteiger partial charge in [0.1, 0.15) is 5.75 Å². The number of benzene rings is 1. The predicted octanol–water partition coefficient (Wildman–Crippen LogP) is 4.79. The molecule has 0 bridgehead atoms. The summed E-state index contributed by atoms with van der Waals surface area (Å²) in [6.07, 6.45) is 7.22. The van der Waals surface area contributed by atoms with Gasteiger partial charge >= 0.3 is 0 Å². The Labute approximate surface area is 141 Å². The fraction of sp³-hybridized carbons (Fsp3) is 0.611. The van der Waals surface area contributed by atoms with Gasteiger partial charge in [0.15, 0.2) is 6.61 Å². The molecule has 122 valence electrons. The molecule has 0 aliphatic heterocycles. The Balaban J connectivity index is 1.88. The maximum absolute atomic E-state index is 12.1. The predicted molar refractivity (Wildman–Crippen MR) is 93.4 cm³/mol. The lowest BCUT2D eigenvalue weighted by atomic mass is 10.0. The minimum absolute atomic E-state index is 0.00970. The molecule has 0 spiro atoms. The molecule has 1 aromatic rings. The van der Waals surface area contributed by atoms with Crippen LogP contribution in [0.3, 0.4) is 0 Å². The molecule has 0 aromatic heterocycles. The Morgan fingerprint density at radius 2 is 1.95 bits per heavy atom. The molecular formula is C18H26BrNO2. The Hall–Kier alpha value is -1.03. The van der Waals surface area contributed by atoms with Gasteiger partial charge in [-0.1, -0.05) is 55.5 Å². The van der Waals surface area contributed by atoms with Gasteiger partial charge in [-0.05, 0) is 42.5 Å². The third-order valence-corrected chi connectivity index (χ3v) is 4.67. The number of rotatable bonds is 5. The first-order valence-electron chi connectivity index (χ1n) is 8.28. The Bertz CT molecular complexity index is 494. The van der Waals surface area contributed by atoms with E-state index < -0.39 is 0 Å². The highest BCUT2D eigenvalue weighted by molar-refractivity contribution is 9.10. The Kier molecular flexibility index (Phi) is 6.74. The van der Waals surface area contributed by atoms with Crippen LogP contribution in [0.25, 0.3) is 0 Å². The summed E-state index contributed by atoms with van der Waals surface area (Å²) >= 11 is 3.48. The van der Waals surface area contributed by atoms with E-state index in [1.54, 1.807) is 0 Å². The highest BCUT2D eigenvalue weighted by atomic mass is 79.9. The number of carbonyl (C=O) groups is 1. The largest absolute Gasteiger partial charge is 0.483 e. The van der Waals surface area contributed by atoms with Gasteiger partial charge < -0.3 is 10.1 Å². The first kappa shape index (κ1) is 17.3. The minimum atomic E-state index is -0.00970. The molecule has 0 atom stereocenters. The monoisotopic (exact) mass is 367 g/mol. The number of nitrogens with one attached hydrogen (secondary N) is 1. The van der Waals surface area contributed by atoms with E-state index in [0.717, 1.165) is 28.6 Å². The van der Waals surface area contributed by atoms with Crippen LogP contribution in [0.2, 0.25) is 0 Å². The van der Waals surface area contributed by atoms with E-state index in [1.165, 1.54) is 25.7 Å². The third-order valence-electron chi connectivity index (χ3n) is 4.17. The second-order valence-electron chi connectivity index (χ2n) is 6.38. The zero-order chi connectivity index (χ0) is 15.9. The molecule has 22 heavy (non-hydrogen) atoms. The molecule has 0 saturated heterocycles. The summed E-state index contributed by atoms with van der Waals surface area (Å²) in [5.41, 5.74) is 1.12. The maximum atomic E-state index is 12.1. The zero-order valence-corrected chi connectivity index (χ0v) is 15.1. The van der Waals surface area contributed by atoms with E-state index >= 15 is 0 Å². The van der Waals surface area contributed by atoms with Crippen molar-refractivity contribution >= 4 is 21.8 Å². The third kappa shape index (κ3) is 5.31. The van der Waals surface area contributed by atoms with Crippen molar-refractivity contribution in [2.75, 3.05) is 6.61 Å². The molecule has 1 fully saturated rings. The first-order valence-corrected chi connectivity index (χ1v) is 9.07. The molecule has 4 heteroatoms. The molecule has 1 aliphatic carbocycles. The fourth-order valence-corrected chi connectivity index (χ4v) is 3.32. The standard InChI is InChI=1S/C18H26BrNO2/c1-13(2)16-11-14(19)9-10-17(16)22-12-18(21)20-15-7-5-3-4-6-8-15/h9-11,13,15H,3-8,12H2,1-2H3,(H,20,21). The molecular weight excluding hydrogens is 342 g/mol. The highest BCUT2D eigenvalue weighted by Crippen LogP contribution is 2.29. The van der Waals surface area contributed by atoms with Crippen LogP contribution in [0.5, 0.6) is 5.75 Å². The number of hydrogen-bond donors (Lipinski definition) is 1. The van der Waals surface area contributed by atoms with Crippen molar-refractivity contribution in [2.24, 2.45) is 0 Å². The van der Waals surface area contributed by atoms with Gasteiger partial charge in [-0.2, -0.15) is 0 Å². The van der Waals surface area contributed by atoms with Crippen LogP contribution >= 0.6 is 15.9 Å². The van der Waals surface area contributed by atoms with Crippen molar-refractivity contribution in [1.29, 1.82) is 0 Å². The van der Waals surface area contributed by atoms with Crippen LogP contribution in [0.1, 0.15) is 63.9 Å². The van der Waals surface area contributed by atoms with Gasteiger partial charge in [0.25, 0.3) is 5.91 Å². The molecule has 1 amide bonds. The van der Waals surface area contributed by atoms with E-state index in [0.29, 0.717) is 12.0 Å². The van der Waals surface area contributed by atoms with Crippen LogP contribution in [0.4, 0.5) is 0 Å². The van der Waals surface area contributed by atoms with Crippen molar-refractivity contribution in [3.05, 3.63) is 28.2 Å². The van der Waals surface area contributed by atoms with E-state index in [-0.39, 0.29) is 12.5 Å². The Morgan fingerprint density at radius 3 is 2.59 bits per heavy atom. The topological polar surface area (TPSA) is 38.3 Å². The zero-order valence-electron chi connectivity index (χ0n) is 13.5. The summed E-state index contributed by atoms with van der Waals surface area (Å²) in [6.45, 7) is 4.35. The molecule has 1 aromatic carbocycles. The van der Waals surface area contributed by atoms with Crippen molar-refractivity contribution in [3.63, 3.8) is 0 Å². The second-order valence-corrected chi connectivity index (χ2v) is 7.30. The van der Waals surface area contributed by atoms with Crippen molar-refractivity contribution in [3.8, 4) is 5.75 Å². The van der Waals surface area contributed by atoms with Crippen molar-refractivity contribution in [1.82, 2.24) is 5.32 Å². The van der Waals surface area contributed by atoms with E-state index in [2.05, 4.69) is 41.2 Å². The lowest BCUT2D eigenvalue weighted by Crippen LogP contribution is -2.37. The molecule has 0 unspecified atom stereocenters. The van der Waals surface area contributed by atoms with Crippen LogP contribution in [0.15, 0.2) is 22.7 Å². The van der Waals surface area contributed by atoms with Gasteiger partial charge in [-0.25, -0.2) is 0 Å². The molecule has 1 saturated carbocycles. The molecule has 2 rings (SSSR count). The fourth-order valence-electron chi connectivity index (χ4n) is 2.94. The molecule has 3 nitrogen and oxygen atoms in total. The number of amides is 1. The van der Waals surface area contributed by atoms with Crippen LogP contribution in [-0.4, -0.2) is 18.6 Å². The summed E-state index contributed by atoms with van der Waals surface area (Å²) < 4.78 is 6.79. The molecule has 0 heterocycles. The summed E-state index contributed by atoms with van der Waals surface area (Å²) in [5.74, 6) is 1.15. The summed E-state index contributed by atoms with van der Waals surface area (Å²) in [6, 6.07) is 6.26. The van der Waals surface area contributed by atoms with Gasteiger partial charge in [0.05, 0.1) is 0 Å². The second kappa shape index (κ2) is 8.56. The van der Waals surface area contributed by atoms with Gasteiger partial charge in [0, 0.05) is 10.5 Å². The van der Waals surface area contributed by atoms with Crippen LogP contribution < -0.4 is 10.1 Å². The van der Waals surface area contributed by atoms with E-state index in [4.69, 9.17) is 4.74 Å². The number of ether oxygens (including phenoxy) is 1. The Morgan fingerprint density at radius 1 is 1.27 bits per heavy atom. The molecule has 1 aliphatic rings. The van der Waals surface area contributed by atoms with Gasteiger partial charge in [0.2, 0.25) is 0 Å². The number of halogens is 1. The molecule has 1 N–H and O–H groups in total.